The van der Waals surface area contributed by atoms with Gasteiger partial charge in [0.15, 0.2) is 0 Å². The first-order valence-corrected chi connectivity index (χ1v) is 11.0. The summed E-state index contributed by atoms with van der Waals surface area (Å²) in [6, 6.07) is 14.3. The largest absolute Gasteiger partial charge is 0.336 e. The van der Waals surface area contributed by atoms with Gasteiger partial charge in [-0.15, -0.1) is 0 Å². The van der Waals surface area contributed by atoms with Gasteiger partial charge in [-0.25, -0.2) is 8.42 Å². The van der Waals surface area contributed by atoms with Gasteiger partial charge in [0.2, 0.25) is 10.0 Å². The normalized spacial score (nSPS) is 18.7. The van der Waals surface area contributed by atoms with Crippen LogP contribution < -0.4 is 0 Å². The Morgan fingerprint density at radius 3 is 2.18 bits per heavy atom. The Labute approximate surface area is 166 Å². The van der Waals surface area contributed by atoms with Crippen molar-refractivity contribution >= 4 is 15.9 Å². The second kappa shape index (κ2) is 7.66. The molecule has 148 valence electrons. The number of piperazine rings is 1. The van der Waals surface area contributed by atoms with Crippen LogP contribution in [-0.4, -0.2) is 68.2 Å². The molecule has 1 fully saturated rings. The maximum absolute atomic E-state index is 13.0. The molecule has 2 aliphatic rings. The predicted molar refractivity (Wildman–Crippen MR) is 108 cm³/mol. The van der Waals surface area contributed by atoms with Crippen LogP contribution in [0.5, 0.6) is 0 Å². The summed E-state index contributed by atoms with van der Waals surface area (Å²) in [6.07, 6.45) is 0.718. The van der Waals surface area contributed by atoms with Gasteiger partial charge in [-0.05, 0) is 48.9 Å². The lowest BCUT2D eigenvalue weighted by Gasteiger charge is -2.32. The van der Waals surface area contributed by atoms with E-state index in [-0.39, 0.29) is 10.8 Å². The monoisotopic (exact) mass is 399 g/mol. The summed E-state index contributed by atoms with van der Waals surface area (Å²) in [5.74, 6) is -0.0380. The Balaban J connectivity index is 1.49. The van der Waals surface area contributed by atoms with Crippen molar-refractivity contribution in [3.8, 4) is 0 Å². The first-order chi connectivity index (χ1) is 13.4. The number of carbonyl (C=O) groups excluding carboxylic acids is 1. The number of hydrogen-bond acceptors (Lipinski definition) is 4. The summed E-state index contributed by atoms with van der Waals surface area (Å²) in [5, 5.41) is 0. The van der Waals surface area contributed by atoms with Crippen molar-refractivity contribution in [3.05, 3.63) is 65.2 Å². The fourth-order valence-corrected chi connectivity index (χ4v) is 5.20. The van der Waals surface area contributed by atoms with Gasteiger partial charge in [0, 0.05) is 44.8 Å². The van der Waals surface area contributed by atoms with Crippen LogP contribution in [-0.2, 0) is 23.0 Å². The third-order valence-corrected chi connectivity index (χ3v) is 7.48. The molecule has 0 atom stereocenters. The summed E-state index contributed by atoms with van der Waals surface area (Å²) in [5.41, 5.74) is 2.80. The highest BCUT2D eigenvalue weighted by molar-refractivity contribution is 7.89. The van der Waals surface area contributed by atoms with E-state index in [0.29, 0.717) is 31.7 Å². The fraction of sp³-hybridized carbons (Fsp3) is 0.381. The van der Waals surface area contributed by atoms with Gasteiger partial charge in [0.25, 0.3) is 5.91 Å². The molecule has 0 bridgehead atoms. The standard InChI is InChI=1S/C21H25N3O3S/c1-22-12-14-23(15-13-22)21(25)18-6-8-20(9-7-18)28(26,27)24-11-10-17-4-2-3-5-19(17)16-24/h2-9H,10-16H2,1H3. The molecule has 4 rings (SSSR count). The van der Waals surface area contributed by atoms with Crippen molar-refractivity contribution < 1.29 is 13.2 Å². The second-order valence-electron chi connectivity index (χ2n) is 7.48. The lowest BCUT2D eigenvalue weighted by molar-refractivity contribution is 0.0664. The minimum absolute atomic E-state index is 0.0380. The molecule has 0 N–H and O–H groups in total. The Hall–Kier alpha value is -2.22. The summed E-state index contributed by atoms with van der Waals surface area (Å²) >= 11 is 0. The van der Waals surface area contributed by atoms with Gasteiger partial charge in [-0.2, -0.15) is 4.31 Å². The summed E-state index contributed by atoms with van der Waals surface area (Å²) in [7, 11) is -1.54. The molecule has 0 aromatic heterocycles. The van der Waals surface area contributed by atoms with Crippen molar-refractivity contribution in [2.75, 3.05) is 39.8 Å². The van der Waals surface area contributed by atoms with Gasteiger partial charge in [-0.1, -0.05) is 24.3 Å². The number of fused-ring (bicyclic) bond motifs is 1. The molecular formula is C21H25N3O3S. The van der Waals surface area contributed by atoms with Crippen LogP contribution in [0.1, 0.15) is 21.5 Å². The van der Waals surface area contributed by atoms with E-state index in [0.717, 1.165) is 25.1 Å². The molecule has 6 nitrogen and oxygen atoms in total. The van der Waals surface area contributed by atoms with E-state index >= 15 is 0 Å². The Kier molecular flexibility index (Phi) is 5.23. The number of sulfonamides is 1. The molecular weight excluding hydrogens is 374 g/mol. The van der Waals surface area contributed by atoms with Crippen LogP contribution in [0.3, 0.4) is 0 Å². The molecule has 2 aliphatic heterocycles. The van der Waals surface area contributed by atoms with E-state index in [4.69, 9.17) is 0 Å². The molecule has 28 heavy (non-hydrogen) atoms. The van der Waals surface area contributed by atoms with Crippen LogP contribution in [0.25, 0.3) is 0 Å². The van der Waals surface area contributed by atoms with E-state index in [1.54, 1.807) is 24.3 Å². The Morgan fingerprint density at radius 2 is 1.50 bits per heavy atom. The van der Waals surface area contributed by atoms with Gasteiger partial charge >= 0.3 is 0 Å². The third-order valence-electron chi connectivity index (χ3n) is 5.63. The molecule has 0 radical (unpaired) electrons. The SMILES string of the molecule is CN1CCN(C(=O)c2ccc(S(=O)(=O)N3CCc4ccccc4C3)cc2)CC1. The quantitative estimate of drug-likeness (QED) is 0.790. The average Bonchev–Trinajstić information content (AvgIpc) is 2.73. The fourth-order valence-electron chi connectivity index (χ4n) is 3.79. The second-order valence-corrected chi connectivity index (χ2v) is 9.42. The highest BCUT2D eigenvalue weighted by Gasteiger charge is 2.28. The van der Waals surface area contributed by atoms with Crippen LogP contribution in [0.15, 0.2) is 53.4 Å². The van der Waals surface area contributed by atoms with Gasteiger partial charge < -0.3 is 9.80 Å². The number of likely N-dealkylation sites (N-methyl/N-ethyl adjacent to an activating group) is 1. The van der Waals surface area contributed by atoms with Crippen LogP contribution in [0.2, 0.25) is 0 Å². The molecule has 0 spiro atoms. The van der Waals surface area contributed by atoms with Crippen LogP contribution in [0.4, 0.5) is 0 Å². The Morgan fingerprint density at radius 1 is 0.857 bits per heavy atom. The lowest BCUT2D eigenvalue weighted by Crippen LogP contribution is -2.47. The minimum Gasteiger partial charge on any atom is -0.336 e. The maximum atomic E-state index is 13.0. The zero-order chi connectivity index (χ0) is 19.7. The van der Waals surface area contributed by atoms with E-state index in [2.05, 4.69) is 11.0 Å². The first-order valence-electron chi connectivity index (χ1n) is 9.60. The maximum Gasteiger partial charge on any atom is 0.253 e. The number of benzene rings is 2. The van der Waals surface area contributed by atoms with Crippen molar-refractivity contribution in [2.45, 2.75) is 17.9 Å². The Bertz CT molecular complexity index is 965. The molecule has 2 aromatic carbocycles. The van der Waals surface area contributed by atoms with E-state index in [1.165, 1.54) is 9.87 Å². The molecule has 1 amide bonds. The highest BCUT2D eigenvalue weighted by atomic mass is 32.2. The average molecular weight is 400 g/mol. The topological polar surface area (TPSA) is 60.9 Å². The van der Waals surface area contributed by atoms with Crippen LogP contribution >= 0.6 is 0 Å². The van der Waals surface area contributed by atoms with Crippen LogP contribution in [0, 0.1) is 0 Å². The number of carbonyl (C=O) groups is 1. The number of hydrogen-bond donors (Lipinski definition) is 0. The molecule has 0 unspecified atom stereocenters. The smallest absolute Gasteiger partial charge is 0.253 e. The summed E-state index contributed by atoms with van der Waals surface area (Å²) < 4.78 is 27.6. The molecule has 1 saturated heterocycles. The molecule has 7 heteroatoms. The number of rotatable bonds is 3. The van der Waals surface area contributed by atoms with Gasteiger partial charge in [0.05, 0.1) is 4.90 Å². The zero-order valence-corrected chi connectivity index (χ0v) is 16.9. The number of nitrogens with zero attached hydrogens (tertiary/aromatic N) is 3. The molecule has 0 aliphatic carbocycles. The van der Waals surface area contributed by atoms with Gasteiger partial charge in [0.1, 0.15) is 0 Å². The van der Waals surface area contributed by atoms with E-state index < -0.39 is 10.0 Å². The van der Waals surface area contributed by atoms with Crippen molar-refractivity contribution in [1.82, 2.24) is 14.1 Å². The van der Waals surface area contributed by atoms with Crippen molar-refractivity contribution in [2.24, 2.45) is 0 Å². The lowest BCUT2D eigenvalue weighted by atomic mass is 10.0. The van der Waals surface area contributed by atoms with E-state index in [9.17, 15) is 13.2 Å². The first kappa shape index (κ1) is 19.1. The summed E-state index contributed by atoms with van der Waals surface area (Å²) in [6.45, 7) is 3.97. The minimum atomic E-state index is -3.58. The van der Waals surface area contributed by atoms with Crippen molar-refractivity contribution in [1.29, 1.82) is 0 Å². The molecule has 2 aromatic rings. The third kappa shape index (κ3) is 3.70. The van der Waals surface area contributed by atoms with Gasteiger partial charge in [-0.3, -0.25) is 4.79 Å². The highest BCUT2D eigenvalue weighted by Crippen LogP contribution is 2.25. The predicted octanol–water partition coefficient (Wildman–Crippen LogP) is 1.82. The van der Waals surface area contributed by atoms with Crippen molar-refractivity contribution in [3.63, 3.8) is 0 Å². The molecule has 0 saturated carbocycles. The number of amides is 1. The summed E-state index contributed by atoms with van der Waals surface area (Å²) in [4.78, 5) is 16.9. The molecule has 2 heterocycles. The zero-order valence-electron chi connectivity index (χ0n) is 16.0. The van der Waals surface area contributed by atoms with E-state index in [1.807, 2.05) is 30.1 Å².